The van der Waals surface area contributed by atoms with Crippen molar-refractivity contribution in [1.29, 1.82) is 0 Å². The molecule has 0 bridgehead atoms. The summed E-state index contributed by atoms with van der Waals surface area (Å²) in [5, 5.41) is 7.39. The highest BCUT2D eigenvalue weighted by Gasteiger charge is 2.28. The molecular weight excluding hydrogens is 778 g/mol. The van der Waals surface area contributed by atoms with Crippen molar-refractivity contribution in [2.75, 3.05) is 0 Å². The molecule has 11 rings (SSSR count). The van der Waals surface area contributed by atoms with E-state index < -0.39 is 0 Å². The molecule has 0 saturated carbocycles. The van der Waals surface area contributed by atoms with Crippen LogP contribution in [0, 0.1) is 0 Å². The summed E-state index contributed by atoms with van der Waals surface area (Å²) >= 11 is 0. The third-order valence-corrected chi connectivity index (χ3v) is 13.3. The normalized spacial score (nSPS) is 12.0. The lowest BCUT2D eigenvalue weighted by Crippen LogP contribution is -2.48. The second-order valence-corrected chi connectivity index (χ2v) is 16.8. The van der Waals surface area contributed by atoms with E-state index in [1.54, 1.807) is 28.8 Å². The Morgan fingerprint density at radius 3 is 1.05 bits per heavy atom. The molecule has 0 atom stereocenters. The fraction of sp³-hybridized carbons (Fsp3) is 0. The molecule has 0 spiro atoms. The zero-order chi connectivity index (χ0) is 46.7. The van der Waals surface area contributed by atoms with Gasteiger partial charge in [-0.2, -0.15) is 0 Å². The van der Waals surface area contributed by atoms with E-state index in [2.05, 4.69) is 12.1 Å². The van der Waals surface area contributed by atoms with Crippen molar-refractivity contribution >= 4 is 289 Å². The zero-order valence-electron chi connectivity index (χ0n) is 35.2. The number of nitrogens with zero attached hydrogens (tertiary/aromatic N) is 2. The van der Waals surface area contributed by atoms with Gasteiger partial charge in [-0.3, -0.25) is 0 Å². The van der Waals surface area contributed by atoms with Crippen molar-refractivity contribution in [1.82, 2.24) is 9.13 Å². The number of fused-ring (bicyclic) bond motifs is 12. The summed E-state index contributed by atoms with van der Waals surface area (Å²) in [6.07, 6.45) is 0. The van der Waals surface area contributed by atoms with E-state index in [4.69, 9.17) is 126 Å². The van der Waals surface area contributed by atoms with Crippen LogP contribution in [0.25, 0.3) is 98.4 Å². The van der Waals surface area contributed by atoms with Gasteiger partial charge in [-0.1, -0.05) is 126 Å². The second-order valence-electron chi connectivity index (χ2n) is 16.8. The minimum absolute atomic E-state index is 0.0186. The second kappa shape index (κ2) is 15.0. The van der Waals surface area contributed by atoms with Crippen LogP contribution in [0.3, 0.4) is 0 Å². The van der Waals surface area contributed by atoms with Gasteiger partial charge in [0.1, 0.15) is 126 Å². The minimum atomic E-state index is 0.0186. The fourth-order valence-corrected chi connectivity index (χ4v) is 10.2. The van der Waals surface area contributed by atoms with Gasteiger partial charge < -0.3 is 9.13 Å². The standard InChI is InChI=1S/C48H14B16N2/c49-15-5-8-17(9-6-15)65-45-27(29-35(55)37(57)39(59)43(63)47(29)65)31(51)25(33(53)41(45)61)26-32(52)28-30-36(56)38(58)40(60)44(64)48(30)66(46(28)42(62)34(26)54)18-10-12-22-21-11-7-16(50)13-23(21)19-3-1-2-4-20(19)24(22)14-18/h1-14H. The molecule has 0 aliphatic heterocycles. The van der Waals surface area contributed by atoms with Gasteiger partial charge in [0.25, 0.3) is 0 Å². The number of benzene rings is 9. The van der Waals surface area contributed by atoms with Crippen LogP contribution in [0.1, 0.15) is 0 Å². The Morgan fingerprint density at radius 1 is 0.242 bits per heavy atom. The molecule has 0 N–H and O–H groups in total. The molecule has 2 nitrogen and oxygen atoms in total. The third-order valence-electron chi connectivity index (χ3n) is 13.3. The maximum atomic E-state index is 7.40. The highest BCUT2D eigenvalue weighted by atomic mass is 15.0. The van der Waals surface area contributed by atoms with E-state index in [1.165, 1.54) is 0 Å². The van der Waals surface area contributed by atoms with Crippen molar-refractivity contribution < 1.29 is 0 Å². The first-order valence-electron chi connectivity index (χ1n) is 20.6. The summed E-state index contributed by atoms with van der Waals surface area (Å²) in [6.45, 7) is 0. The molecule has 0 fully saturated rings. The average molecular weight is 792 g/mol. The van der Waals surface area contributed by atoms with Crippen LogP contribution < -0.4 is 87.4 Å². The van der Waals surface area contributed by atoms with Crippen molar-refractivity contribution in [2.45, 2.75) is 0 Å². The first-order valence-corrected chi connectivity index (χ1v) is 20.6. The SMILES string of the molecule is [B]c1ccc(-n2c3c([B])c([B])c([B])c([B])c3c3c([B])c(-c4c([B])c([B])c5c(c4[B])c4c([B])c([B])c([B])c([B])c4n5-c4ccc5c6ccc([B])cc6c6ccccc6c5c4)c([B])c([B])c32)cc1. The Bertz CT molecular complexity index is 4040. The topological polar surface area (TPSA) is 9.86 Å². The van der Waals surface area contributed by atoms with Gasteiger partial charge in [0.15, 0.2) is 0 Å². The largest absolute Gasteiger partial charge is 0.311 e. The van der Waals surface area contributed by atoms with E-state index in [9.17, 15) is 0 Å². The Kier molecular flexibility index (Phi) is 9.74. The molecule has 264 valence electrons. The molecule has 0 aliphatic rings. The van der Waals surface area contributed by atoms with Crippen LogP contribution in [0.15, 0.2) is 84.9 Å². The number of rotatable bonds is 3. The smallest absolute Gasteiger partial charge is 0.115 e. The number of aromatic nitrogens is 2. The molecule has 0 unspecified atom stereocenters. The van der Waals surface area contributed by atoms with E-state index >= 15 is 0 Å². The summed E-state index contributed by atoms with van der Waals surface area (Å²) in [7, 11) is 109. The van der Waals surface area contributed by atoms with Crippen LogP contribution in [-0.4, -0.2) is 135 Å². The van der Waals surface area contributed by atoms with Crippen molar-refractivity contribution in [3.8, 4) is 22.5 Å². The summed E-state index contributed by atoms with van der Waals surface area (Å²) in [6, 6.07) is 27.0. The van der Waals surface area contributed by atoms with Gasteiger partial charge in [-0.05, 0) is 78.5 Å². The van der Waals surface area contributed by atoms with Gasteiger partial charge in [0, 0.05) is 44.2 Å². The van der Waals surface area contributed by atoms with Gasteiger partial charge in [0.05, 0.1) is 0 Å². The quantitative estimate of drug-likeness (QED) is 0.125. The molecule has 66 heavy (non-hydrogen) atoms. The minimum Gasteiger partial charge on any atom is -0.311 e. The average Bonchev–Trinajstić information content (AvgIpc) is 3.87. The highest BCUT2D eigenvalue weighted by Crippen LogP contribution is 2.38. The van der Waals surface area contributed by atoms with Crippen molar-refractivity contribution in [2.24, 2.45) is 0 Å². The number of hydrogen-bond donors (Lipinski definition) is 0. The fourth-order valence-electron chi connectivity index (χ4n) is 10.2. The first-order chi connectivity index (χ1) is 31.5. The Morgan fingerprint density at radius 2 is 0.576 bits per heavy atom. The molecule has 0 saturated heterocycles. The lowest BCUT2D eigenvalue weighted by molar-refractivity contribution is 1.19. The molecule has 0 aliphatic carbocycles. The number of hydrogen-bond acceptors (Lipinski definition) is 0. The third kappa shape index (κ3) is 5.60. The molecule has 11 aromatic rings. The van der Waals surface area contributed by atoms with E-state index in [0.717, 1.165) is 32.3 Å². The lowest BCUT2D eigenvalue weighted by Gasteiger charge is -2.25. The maximum Gasteiger partial charge on any atom is 0.115 e. The Balaban J connectivity index is 1.29. The maximum absolute atomic E-state index is 7.40. The molecule has 32 radical (unpaired) electrons. The van der Waals surface area contributed by atoms with Crippen LogP contribution in [0.2, 0.25) is 0 Å². The van der Waals surface area contributed by atoms with Gasteiger partial charge in [0.2, 0.25) is 0 Å². The molecular formula is C48H14B16N2. The van der Waals surface area contributed by atoms with Crippen LogP contribution in [-0.2, 0) is 0 Å². The first kappa shape index (κ1) is 43.0. The molecule has 0 amide bonds. The summed E-state index contributed by atoms with van der Waals surface area (Å²) in [5.41, 5.74) is 5.33. The lowest BCUT2D eigenvalue weighted by atomic mass is 9.61. The predicted octanol–water partition coefficient (Wildman–Crippen LogP) is -6.29. The highest BCUT2D eigenvalue weighted by molar-refractivity contribution is 6.72. The van der Waals surface area contributed by atoms with Crippen molar-refractivity contribution in [3.05, 3.63) is 84.9 Å². The molecule has 9 aromatic carbocycles. The van der Waals surface area contributed by atoms with E-state index in [1.807, 2.05) is 53.1 Å². The molecule has 18 heteroatoms. The summed E-state index contributed by atoms with van der Waals surface area (Å²) in [5.74, 6) is 0. The zero-order valence-corrected chi connectivity index (χ0v) is 35.2. The van der Waals surface area contributed by atoms with Crippen LogP contribution >= 0.6 is 0 Å². The molecule has 2 aromatic heterocycles. The van der Waals surface area contributed by atoms with E-state index in [-0.39, 0.29) is 87.6 Å². The molecule has 2 heterocycles. The Hall–Kier alpha value is -5.60. The van der Waals surface area contributed by atoms with Gasteiger partial charge in [-0.15, -0.1) is 21.9 Å². The monoisotopic (exact) mass is 794 g/mol. The predicted molar refractivity (Wildman–Crippen MR) is 299 cm³/mol. The van der Waals surface area contributed by atoms with Gasteiger partial charge in [-0.25, -0.2) is 0 Å². The Labute approximate surface area is 403 Å². The summed E-state index contributed by atoms with van der Waals surface area (Å²) in [4.78, 5) is 0. The summed E-state index contributed by atoms with van der Waals surface area (Å²) < 4.78 is 3.61. The van der Waals surface area contributed by atoms with Gasteiger partial charge >= 0.3 is 0 Å². The van der Waals surface area contributed by atoms with E-state index in [0.29, 0.717) is 65.9 Å². The van der Waals surface area contributed by atoms with Crippen molar-refractivity contribution in [3.63, 3.8) is 0 Å². The van der Waals surface area contributed by atoms with Crippen LogP contribution in [0.4, 0.5) is 0 Å². The van der Waals surface area contributed by atoms with Crippen LogP contribution in [0.5, 0.6) is 0 Å².